The molecule has 0 radical (unpaired) electrons. The number of hydrogen-bond donors (Lipinski definition) is 1. The number of hydrogen-bond acceptors (Lipinski definition) is 5. The molecule has 3 aromatic rings. The van der Waals surface area contributed by atoms with Crippen molar-refractivity contribution in [3.8, 4) is 0 Å². The first-order chi connectivity index (χ1) is 12.0. The molecule has 2 heterocycles. The molecule has 130 valence electrons. The number of rotatable bonds is 5. The summed E-state index contributed by atoms with van der Waals surface area (Å²) in [5, 5.41) is 5.98. The first kappa shape index (κ1) is 17.5. The maximum atomic E-state index is 12.7. The molecule has 0 aliphatic rings. The molecular formula is C18H16ClNO4S. The van der Waals surface area contributed by atoms with E-state index in [1.54, 1.807) is 19.1 Å². The van der Waals surface area contributed by atoms with Gasteiger partial charge in [0.2, 0.25) is 0 Å². The third-order valence-corrected chi connectivity index (χ3v) is 5.20. The number of halogens is 1. The van der Waals surface area contributed by atoms with Crippen LogP contribution >= 0.6 is 22.9 Å². The van der Waals surface area contributed by atoms with Crippen LogP contribution in [0.5, 0.6) is 0 Å². The lowest BCUT2D eigenvalue weighted by molar-refractivity contribution is -0.141. The lowest BCUT2D eigenvalue weighted by Crippen LogP contribution is -2.30. The van der Waals surface area contributed by atoms with E-state index >= 15 is 0 Å². The zero-order chi connectivity index (χ0) is 18.0. The fraction of sp³-hybridized carbons (Fsp3) is 0.222. The highest BCUT2D eigenvalue weighted by atomic mass is 35.5. The molecule has 3 rings (SSSR count). The molecule has 0 spiro atoms. The van der Waals surface area contributed by atoms with Gasteiger partial charge in [-0.25, -0.2) is 0 Å². The van der Waals surface area contributed by atoms with Crippen molar-refractivity contribution in [2.45, 2.75) is 19.4 Å². The van der Waals surface area contributed by atoms with E-state index in [2.05, 4.69) is 5.32 Å². The molecule has 0 aliphatic carbocycles. The van der Waals surface area contributed by atoms with Crippen molar-refractivity contribution in [2.24, 2.45) is 0 Å². The predicted octanol–water partition coefficient (Wildman–Crippen LogP) is 4.49. The van der Waals surface area contributed by atoms with Crippen LogP contribution in [0.3, 0.4) is 0 Å². The lowest BCUT2D eigenvalue weighted by Gasteiger charge is -2.15. The van der Waals surface area contributed by atoms with E-state index in [0.717, 1.165) is 10.3 Å². The van der Waals surface area contributed by atoms with Crippen molar-refractivity contribution in [1.29, 1.82) is 0 Å². The largest absolute Gasteiger partial charge is 0.469 e. The molecule has 7 heteroatoms. The summed E-state index contributed by atoms with van der Waals surface area (Å²) in [5.74, 6) is -0.607. The standard InChI is InChI=1S/C18H16ClNO4S/c1-10-11-5-3-6-12(19)17(11)24-16(10)18(22)20-13(9-15(21)23-2)14-7-4-8-25-14/h3-8,13H,9H2,1-2H3,(H,20,22). The smallest absolute Gasteiger partial charge is 0.307 e. The van der Waals surface area contributed by atoms with E-state index in [1.165, 1.54) is 18.4 Å². The minimum atomic E-state index is -0.483. The molecule has 1 aromatic carbocycles. The Morgan fingerprint density at radius 1 is 1.32 bits per heavy atom. The molecular weight excluding hydrogens is 362 g/mol. The molecule has 0 saturated carbocycles. The van der Waals surface area contributed by atoms with E-state index in [0.29, 0.717) is 16.2 Å². The van der Waals surface area contributed by atoms with Gasteiger partial charge < -0.3 is 14.5 Å². The highest BCUT2D eigenvalue weighted by Gasteiger charge is 2.24. The maximum Gasteiger partial charge on any atom is 0.307 e. The van der Waals surface area contributed by atoms with E-state index in [1.807, 2.05) is 23.6 Å². The van der Waals surface area contributed by atoms with Gasteiger partial charge in [0.25, 0.3) is 5.91 Å². The van der Waals surface area contributed by atoms with Crippen LogP contribution < -0.4 is 5.32 Å². The Hall–Kier alpha value is -2.31. The summed E-state index contributed by atoms with van der Waals surface area (Å²) in [6, 6.07) is 8.61. The van der Waals surface area contributed by atoms with Crippen molar-refractivity contribution in [1.82, 2.24) is 5.32 Å². The zero-order valence-electron chi connectivity index (χ0n) is 13.7. The van der Waals surface area contributed by atoms with Crippen LogP contribution in [0.2, 0.25) is 5.02 Å². The fourth-order valence-electron chi connectivity index (χ4n) is 2.61. The number of ether oxygens (including phenoxy) is 1. The monoisotopic (exact) mass is 377 g/mol. The van der Waals surface area contributed by atoms with Crippen molar-refractivity contribution >= 4 is 45.8 Å². The summed E-state index contributed by atoms with van der Waals surface area (Å²) >= 11 is 7.59. The number of para-hydroxylation sites is 1. The molecule has 25 heavy (non-hydrogen) atoms. The van der Waals surface area contributed by atoms with Crippen molar-refractivity contribution in [3.05, 3.63) is 56.9 Å². The van der Waals surface area contributed by atoms with Crippen molar-refractivity contribution in [3.63, 3.8) is 0 Å². The first-order valence-electron chi connectivity index (χ1n) is 7.60. The lowest BCUT2D eigenvalue weighted by atomic mass is 10.1. The van der Waals surface area contributed by atoms with Crippen LogP contribution in [-0.4, -0.2) is 19.0 Å². The number of benzene rings is 1. The summed E-state index contributed by atoms with van der Waals surface area (Å²) in [5.41, 5.74) is 1.19. The summed E-state index contributed by atoms with van der Waals surface area (Å²) in [4.78, 5) is 25.3. The molecule has 1 amide bonds. The number of amides is 1. The highest BCUT2D eigenvalue weighted by molar-refractivity contribution is 7.10. The Kier molecular flexibility index (Phi) is 5.11. The number of fused-ring (bicyclic) bond motifs is 1. The third kappa shape index (κ3) is 3.55. The van der Waals surface area contributed by atoms with Gasteiger partial charge in [0.05, 0.1) is 24.6 Å². The molecule has 2 aromatic heterocycles. The number of furan rings is 1. The van der Waals surface area contributed by atoms with Crippen LogP contribution in [0.1, 0.15) is 33.5 Å². The van der Waals surface area contributed by atoms with Gasteiger partial charge in [-0.1, -0.05) is 29.8 Å². The average Bonchev–Trinajstić information content (AvgIpc) is 3.23. The Morgan fingerprint density at radius 2 is 2.12 bits per heavy atom. The number of carbonyl (C=O) groups is 2. The first-order valence-corrected chi connectivity index (χ1v) is 8.85. The second kappa shape index (κ2) is 7.29. The van der Waals surface area contributed by atoms with Gasteiger partial charge in [0, 0.05) is 15.8 Å². The Bertz CT molecular complexity index is 917. The topological polar surface area (TPSA) is 68.5 Å². The van der Waals surface area contributed by atoms with Gasteiger partial charge >= 0.3 is 5.97 Å². The van der Waals surface area contributed by atoms with Crippen molar-refractivity contribution in [2.75, 3.05) is 7.11 Å². The van der Waals surface area contributed by atoms with Gasteiger partial charge in [0.1, 0.15) is 0 Å². The molecule has 0 aliphatic heterocycles. The van der Waals surface area contributed by atoms with E-state index in [-0.39, 0.29) is 12.2 Å². The van der Waals surface area contributed by atoms with E-state index < -0.39 is 17.9 Å². The van der Waals surface area contributed by atoms with Crippen molar-refractivity contribution < 1.29 is 18.7 Å². The van der Waals surface area contributed by atoms with Crippen LogP contribution in [0.4, 0.5) is 0 Å². The second-order valence-corrected chi connectivity index (χ2v) is 6.88. The Labute approximate surface area is 153 Å². The Balaban J connectivity index is 1.90. The quantitative estimate of drug-likeness (QED) is 0.665. The van der Waals surface area contributed by atoms with Gasteiger partial charge in [0.15, 0.2) is 11.3 Å². The van der Waals surface area contributed by atoms with Crippen LogP contribution in [0, 0.1) is 6.92 Å². The normalized spacial score (nSPS) is 12.1. The van der Waals surface area contributed by atoms with Crippen LogP contribution in [0.25, 0.3) is 11.0 Å². The van der Waals surface area contributed by atoms with Crippen LogP contribution in [-0.2, 0) is 9.53 Å². The molecule has 0 fully saturated rings. The SMILES string of the molecule is COC(=O)CC(NC(=O)c1oc2c(Cl)cccc2c1C)c1cccs1. The van der Waals surface area contributed by atoms with Gasteiger partial charge in [-0.3, -0.25) is 9.59 Å². The highest BCUT2D eigenvalue weighted by Crippen LogP contribution is 2.31. The van der Waals surface area contributed by atoms with E-state index in [9.17, 15) is 9.59 Å². The second-order valence-electron chi connectivity index (χ2n) is 5.49. The molecule has 5 nitrogen and oxygen atoms in total. The van der Waals surface area contributed by atoms with Gasteiger partial charge in [-0.05, 0) is 24.4 Å². The summed E-state index contributed by atoms with van der Waals surface area (Å²) < 4.78 is 10.4. The number of aryl methyl sites for hydroxylation is 1. The molecule has 1 atom stereocenters. The number of nitrogens with one attached hydrogen (secondary N) is 1. The minimum absolute atomic E-state index is 0.0444. The average molecular weight is 378 g/mol. The molecule has 0 bridgehead atoms. The number of carbonyl (C=O) groups excluding carboxylic acids is 2. The Morgan fingerprint density at radius 3 is 2.76 bits per heavy atom. The van der Waals surface area contributed by atoms with E-state index in [4.69, 9.17) is 20.8 Å². The summed E-state index contributed by atoms with van der Waals surface area (Å²) in [6.07, 6.45) is 0.0444. The van der Waals surface area contributed by atoms with Crippen LogP contribution in [0.15, 0.2) is 40.1 Å². The third-order valence-electron chi connectivity index (χ3n) is 3.91. The minimum Gasteiger partial charge on any atom is -0.469 e. The maximum absolute atomic E-state index is 12.7. The summed E-state index contributed by atoms with van der Waals surface area (Å²) in [6.45, 7) is 1.80. The van der Waals surface area contributed by atoms with Gasteiger partial charge in [-0.2, -0.15) is 0 Å². The number of esters is 1. The predicted molar refractivity (Wildman–Crippen MR) is 97.1 cm³/mol. The molecule has 0 saturated heterocycles. The number of thiophene rings is 1. The zero-order valence-corrected chi connectivity index (χ0v) is 15.2. The summed E-state index contributed by atoms with van der Waals surface area (Å²) in [7, 11) is 1.32. The fourth-order valence-corrected chi connectivity index (χ4v) is 3.60. The molecule has 1 N–H and O–H groups in total. The van der Waals surface area contributed by atoms with Gasteiger partial charge in [-0.15, -0.1) is 11.3 Å². The molecule has 1 unspecified atom stereocenters. The number of methoxy groups -OCH3 is 1.